The maximum Gasteiger partial charge on any atom is 0.241 e. The van der Waals surface area contributed by atoms with Crippen molar-refractivity contribution in [3.05, 3.63) is 23.3 Å². The molecule has 120 valence electrons. The smallest absolute Gasteiger partial charge is 0.241 e. The van der Waals surface area contributed by atoms with Crippen molar-refractivity contribution in [1.29, 1.82) is 0 Å². The first-order valence-corrected chi connectivity index (χ1v) is 8.63. The zero-order chi connectivity index (χ0) is 16.6. The minimum Gasteiger partial charge on any atom is -0.399 e. The van der Waals surface area contributed by atoms with E-state index in [-0.39, 0.29) is 5.41 Å². The van der Waals surface area contributed by atoms with E-state index in [1.165, 1.54) is 0 Å². The highest BCUT2D eigenvalue weighted by molar-refractivity contribution is 7.89. The van der Waals surface area contributed by atoms with Crippen LogP contribution < -0.4 is 10.5 Å². The normalized spacial score (nSPS) is 13.5. The Hall–Kier alpha value is -1.07. The van der Waals surface area contributed by atoms with E-state index in [4.69, 9.17) is 5.73 Å². The second-order valence-corrected chi connectivity index (χ2v) is 9.33. The van der Waals surface area contributed by atoms with Gasteiger partial charge in [0.15, 0.2) is 0 Å². The average Bonchev–Trinajstić information content (AvgIpc) is 2.06. The quantitative estimate of drug-likeness (QED) is 0.837. The fourth-order valence-corrected chi connectivity index (χ4v) is 5.05. The second kappa shape index (κ2) is 5.61. The van der Waals surface area contributed by atoms with Gasteiger partial charge in [-0.25, -0.2) is 13.1 Å². The molecule has 0 heterocycles. The third-order valence-electron chi connectivity index (χ3n) is 3.13. The van der Waals surface area contributed by atoms with E-state index in [9.17, 15) is 8.42 Å². The average molecular weight is 312 g/mol. The van der Waals surface area contributed by atoms with Gasteiger partial charge in [0.1, 0.15) is 0 Å². The summed E-state index contributed by atoms with van der Waals surface area (Å²) in [6.45, 7) is 13.7. The molecule has 0 aliphatic heterocycles. The zero-order valence-electron chi connectivity index (χ0n) is 14.2. The highest BCUT2D eigenvalue weighted by atomic mass is 32.2. The lowest BCUT2D eigenvalue weighted by atomic mass is 9.82. The predicted molar refractivity (Wildman–Crippen MR) is 88.8 cm³/mol. The minimum atomic E-state index is -3.57. The molecule has 1 aromatic carbocycles. The Balaban J connectivity index is 3.19. The number of rotatable bonds is 4. The number of aryl methyl sites for hydroxylation is 2. The highest BCUT2D eigenvalue weighted by Gasteiger charge is 2.31. The molecule has 5 heteroatoms. The molecule has 1 aromatic rings. The molecular formula is C16H28N2O2S. The van der Waals surface area contributed by atoms with Crippen LogP contribution in [0.3, 0.4) is 0 Å². The lowest BCUT2D eigenvalue weighted by molar-refractivity contribution is 0.269. The summed E-state index contributed by atoms with van der Waals surface area (Å²) in [5.74, 6) is 0. The van der Waals surface area contributed by atoms with Gasteiger partial charge in [0, 0.05) is 11.2 Å². The molecule has 4 nitrogen and oxygen atoms in total. The lowest BCUT2D eigenvalue weighted by Crippen LogP contribution is -2.46. The van der Waals surface area contributed by atoms with Crippen molar-refractivity contribution in [3.63, 3.8) is 0 Å². The van der Waals surface area contributed by atoms with Gasteiger partial charge >= 0.3 is 0 Å². The van der Waals surface area contributed by atoms with E-state index in [1.807, 2.05) is 13.8 Å². The van der Waals surface area contributed by atoms with Crippen LogP contribution in [-0.4, -0.2) is 14.0 Å². The summed E-state index contributed by atoms with van der Waals surface area (Å²) in [6.07, 6.45) is 0.742. The van der Waals surface area contributed by atoms with E-state index in [0.717, 1.165) is 6.42 Å². The molecule has 21 heavy (non-hydrogen) atoms. The molecule has 0 aromatic heterocycles. The van der Waals surface area contributed by atoms with Gasteiger partial charge < -0.3 is 5.73 Å². The number of anilines is 1. The molecule has 0 saturated heterocycles. The largest absolute Gasteiger partial charge is 0.399 e. The number of benzene rings is 1. The molecule has 0 radical (unpaired) electrons. The number of nitrogen functional groups attached to an aromatic ring is 1. The highest BCUT2D eigenvalue weighted by Crippen LogP contribution is 2.30. The molecule has 0 atom stereocenters. The van der Waals surface area contributed by atoms with Crippen molar-refractivity contribution in [2.45, 2.75) is 65.3 Å². The molecule has 0 fully saturated rings. The van der Waals surface area contributed by atoms with E-state index < -0.39 is 15.6 Å². The zero-order valence-corrected chi connectivity index (χ0v) is 15.0. The van der Waals surface area contributed by atoms with Crippen LogP contribution in [0.5, 0.6) is 0 Å². The third-order valence-corrected chi connectivity index (χ3v) is 5.14. The number of nitrogens with one attached hydrogen (secondary N) is 1. The van der Waals surface area contributed by atoms with Gasteiger partial charge in [0.05, 0.1) is 4.90 Å². The lowest BCUT2D eigenvalue weighted by Gasteiger charge is -2.33. The van der Waals surface area contributed by atoms with Crippen molar-refractivity contribution in [1.82, 2.24) is 4.72 Å². The van der Waals surface area contributed by atoms with Crippen LogP contribution in [0.25, 0.3) is 0 Å². The maximum atomic E-state index is 12.7. The Bertz CT molecular complexity index is 603. The van der Waals surface area contributed by atoms with Crippen molar-refractivity contribution in [2.24, 2.45) is 5.41 Å². The van der Waals surface area contributed by atoms with Gasteiger partial charge in [0.25, 0.3) is 0 Å². The van der Waals surface area contributed by atoms with Crippen LogP contribution >= 0.6 is 0 Å². The van der Waals surface area contributed by atoms with Crippen LogP contribution in [0.4, 0.5) is 5.69 Å². The fourth-order valence-electron chi connectivity index (χ4n) is 3.18. The maximum absolute atomic E-state index is 12.7. The van der Waals surface area contributed by atoms with Crippen LogP contribution in [-0.2, 0) is 10.0 Å². The van der Waals surface area contributed by atoms with Crippen LogP contribution in [0.1, 0.15) is 52.2 Å². The van der Waals surface area contributed by atoms with Crippen LogP contribution in [0.15, 0.2) is 17.0 Å². The van der Waals surface area contributed by atoms with Gasteiger partial charge in [-0.15, -0.1) is 0 Å². The molecule has 0 bridgehead atoms. The molecule has 0 saturated carbocycles. The SMILES string of the molecule is Cc1cc(N)cc(C)c1S(=O)(=O)NC(C)(C)CC(C)(C)C. The number of nitrogens with two attached hydrogens (primary N) is 1. The molecule has 0 unspecified atom stereocenters. The summed E-state index contributed by atoms with van der Waals surface area (Å²) in [5.41, 5.74) is 7.22. The van der Waals surface area contributed by atoms with Crippen molar-refractivity contribution >= 4 is 15.7 Å². The Morgan fingerprint density at radius 2 is 1.48 bits per heavy atom. The summed E-state index contributed by atoms with van der Waals surface area (Å²) >= 11 is 0. The first kappa shape index (κ1) is 18.0. The standard InChI is InChI=1S/C16H28N2O2S/c1-11-8-13(17)9-12(2)14(11)21(19,20)18-16(6,7)10-15(3,4)5/h8-9,18H,10,17H2,1-7H3. The van der Waals surface area contributed by atoms with Gasteiger partial charge in [0.2, 0.25) is 10.0 Å². The topological polar surface area (TPSA) is 72.2 Å². The van der Waals surface area contributed by atoms with E-state index in [0.29, 0.717) is 21.7 Å². The Morgan fingerprint density at radius 3 is 1.86 bits per heavy atom. The Kier molecular flexibility index (Phi) is 4.81. The van der Waals surface area contributed by atoms with Crippen molar-refractivity contribution in [3.8, 4) is 0 Å². The van der Waals surface area contributed by atoms with Crippen molar-refractivity contribution in [2.75, 3.05) is 5.73 Å². The second-order valence-electron chi connectivity index (χ2n) is 7.71. The molecule has 3 N–H and O–H groups in total. The summed E-state index contributed by atoms with van der Waals surface area (Å²) in [6, 6.07) is 3.39. The van der Waals surface area contributed by atoms with Gasteiger partial charge in [-0.1, -0.05) is 20.8 Å². The monoisotopic (exact) mass is 312 g/mol. The van der Waals surface area contributed by atoms with Crippen LogP contribution in [0, 0.1) is 19.3 Å². The number of sulfonamides is 1. The molecular weight excluding hydrogens is 284 g/mol. The van der Waals surface area contributed by atoms with Gasteiger partial charge in [-0.2, -0.15) is 0 Å². The van der Waals surface area contributed by atoms with Crippen LogP contribution in [0.2, 0.25) is 0 Å². The predicted octanol–water partition coefficient (Wildman–Crippen LogP) is 3.38. The van der Waals surface area contributed by atoms with Crippen molar-refractivity contribution < 1.29 is 8.42 Å². The first-order valence-electron chi connectivity index (χ1n) is 7.14. The number of hydrogen-bond donors (Lipinski definition) is 2. The summed E-state index contributed by atoms with van der Waals surface area (Å²) in [4.78, 5) is 0.332. The summed E-state index contributed by atoms with van der Waals surface area (Å²) < 4.78 is 28.3. The molecule has 0 aliphatic carbocycles. The molecule has 0 aliphatic rings. The molecule has 1 rings (SSSR count). The summed E-state index contributed by atoms with van der Waals surface area (Å²) in [7, 11) is -3.57. The van der Waals surface area contributed by atoms with E-state index in [2.05, 4.69) is 25.5 Å². The van der Waals surface area contributed by atoms with Gasteiger partial charge in [-0.05, 0) is 62.8 Å². The Morgan fingerprint density at radius 1 is 1.05 bits per heavy atom. The minimum absolute atomic E-state index is 0.0389. The third kappa shape index (κ3) is 5.00. The summed E-state index contributed by atoms with van der Waals surface area (Å²) in [5, 5.41) is 0. The fraction of sp³-hybridized carbons (Fsp3) is 0.625. The number of hydrogen-bond acceptors (Lipinski definition) is 3. The van der Waals surface area contributed by atoms with E-state index >= 15 is 0 Å². The molecule has 0 spiro atoms. The Labute approximate surface area is 129 Å². The first-order chi connectivity index (χ1) is 9.23. The molecule has 0 amide bonds. The van der Waals surface area contributed by atoms with Gasteiger partial charge in [-0.3, -0.25) is 0 Å². The van der Waals surface area contributed by atoms with E-state index in [1.54, 1.807) is 26.0 Å².